The van der Waals surface area contributed by atoms with Crippen LogP contribution in [0.15, 0.2) is 41.3 Å². The normalized spacial score (nSPS) is 12.6. The van der Waals surface area contributed by atoms with Crippen molar-refractivity contribution in [1.29, 1.82) is 0 Å². The molecule has 1 amide bonds. The number of likely N-dealkylation sites (N-methyl/N-ethyl adjacent to an activating group) is 1. The summed E-state index contributed by atoms with van der Waals surface area (Å²) in [7, 11) is -2.76. The second-order valence-electron chi connectivity index (χ2n) is 6.84. The van der Waals surface area contributed by atoms with Crippen LogP contribution in [0.25, 0.3) is 0 Å². The van der Waals surface area contributed by atoms with Crippen molar-refractivity contribution in [1.82, 2.24) is 9.62 Å². The van der Waals surface area contributed by atoms with Gasteiger partial charge in [-0.25, -0.2) is 12.8 Å². The van der Waals surface area contributed by atoms with E-state index in [0.29, 0.717) is 10.9 Å². The molecule has 7 nitrogen and oxygen atoms in total. The Labute approximate surface area is 183 Å². The lowest BCUT2D eigenvalue weighted by molar-refractivity contribution is -0.154. The SMILES string of the molecule is CC(C)C(NS(=O)(=O)c1ccccc1F)C(=O)OCC(=O)N(C)Cc1ccc(Cl)s1. The first-order chi connectivity index (χ1) is 14.0. The van der Waals surface area contributed by atoms with Gasteiger partial charge in [-0.2, -0.15) is 4.72 Å². The van der Waals surface area contributed by atoms with Gasteiger partial charge in [-0.05, 0) is 30.2 Å². The third kappa shape index (κ3) is 6.49. The van der Waals surface area contributed by atoms with Crippen LogP contribution < -0.4 is 4.72 Å². The molecular weight excluding hydrogens is 455 g/mol. The summed E-state index contributed by atoms with van der Waals surface area (Å²) in [4.78, 5) is 26.3. The number of benzene rings is 1. The number of hydrogen-bond acceptors (Lipinski definition) is 6. The van der Waals surface area contributed by atoms with Crippen LogP contribution in [0.3, 0.4) is 0 Å². The smallest absolute Gasteiger partial charge is 0.324 e. The molecule has 0 saturated heterocycles. The second kappa shape index (κ2) is 10.3. The minimum Gasteiger partial charge on any atom is -0.454 e. The van der Waals surface area contributed by atoms with Crippen LogP contribution in [0.1, 0.15) is 18.7 Å². The maximum absolute atomic E-state index is 13.9. The summed E-state index contributed by atoms with van der Waals surface area (Å²) in [6.07, 6.45) is 0. The Morgan fingerprint density at radius 3 is 2.47 bits per heavy atom. The number of rotatable bonds is 9. The lowest BCUT2D eigenvalue weighted by Gasteiger charge is -2.22. The van der Waals surface area contributed by atoms with Gasteiger partial charge in [0, 0.05) is 11.9 Å². The van der Waals surface area contributed by atoms with E-state index in [-0.39, 0.29) is 0 Å². The minimum atomic E-state index is -4.31. The van der Waals surface area contributed by atoms with Crippen molar-refractivity contribution < 1.29 is 27.1 Å². The van der Waals surface area contributed by atoms with Crippen LogP contribution in [-0.4, -0.2) is 44.9 Å². The predicted molar refractivity (Wildman–Crippen MR) is 112 cm³/mol. The van der Waals surface area contributed by atoms with Gasteiger partial charge in [0.2, 0.25) is 10.0 Å². The Morgan fingerprint density at radius 1 is 1.23 bits per heavy atom. The molecular formula is C19H22ClFN2O5S2. The van der Waals surface area contributed by atoms with Gasteiger partial charge < -0.3 is 9.64 Å². The molecule has 1 N–H and O–H groups in total. The van der Waals surface area contributed by atoms with Crippen LogP contribution in [0.5, 0.6) is 0 Å². The Bertz CT molecular complexity index is 1010. The molecule has 0 radical (unpaired) electrons. The average molecular weight is 477 g/mol. The van der Waals surface area contributed by atoms with Crippen molar-refractivity contribution in [3.63, 3.8) is 0 Å². The fourth-order valence-corrected chi connectivity index (χ4v) is 4.99. The van der Waals surface area contributed by atoms with E-state index in [1.165, 1.54) is 28.4 Å². The number of nitrogens with one attached hydrogen (secondary N) is 1. The number of hydrogen-bond donors (Lipinski definition) is 1. The second-order valence-corrected chi connectivity index (χ2v) is 10.3. The molecule has 2 aromatic rings. The molecule has 164 valence electrons. The highest BCUT2D eigenvalue weighted by Gasteiger charge is 2.31. The summed E-state index contributed by atoms with van der Waals surface area (Å²) in [6.45, 7) is 2.94. The van der Waals surface area contributed by atoms with E-state index >= 15 is 0 Å². The molecule has 0 aliphatic rings. The first kappa shape index (κ1) is 24.3. The van der Waals surface area contributed by atoms with E-state index in [9.17, 15) is 22.4 Å². The molecule has 0 fully saturated rings. The van der Waals surface area contributed by atoms with Gasteiger partial charge in [0.15, 0.2) is 6.61 Å². The topological polar surface area (TPSA) is 92.8 Å². The van der Waals surface area contributed by atoms with Gasteiger partial charge in [-0.15, -0.1) is 11.3 Å². The zero-order valence-electron chi connectivity index (χ0n) is 16.6. The Balaban J connectivity index is 2.00. The van der Waals surface area contributed by atoms with Crippen molar-refractivity contribution in [2.45, 2.75) is 31.3 Å². The van der Waals surface area contributed by atoms with E-state index in [0.717, 1.165) is 17.0 Å². The molecule has 1 heterocycles. The molecule has 2 rings (SSSR count). The van der Waals surface area contributed by atoms with Crippen LogP contribution >= 0.6 is 22.9 Å². The van der Waals surface area contributed by atoms with Crippen LogP contribution in [0, 0.1) is 11.7 Å². The molecule has 1 atom stereocenters. The molecule has 0 aliphatic carbocycles. The van der Waals surface area contributed by atoms with E-state index in [4.69, 9.17) is 16.3 Å². The van der Waals surface area contributed by atoms with Gasteiger partial charge in [0.05, 0.1) is 10.9 Å². The summed E-state index contributed by atoms with van der Waals surface area (Å²) in [6, 6.07) is 7.04. The zero-order chi connectivity index (χ0) is 22.5. The van der Waals surface area contributed by atoms with Gasteiger partial charge >= 0.3 is 5.97 Å². The first-order valence-corrected chi connectivity index (χ1v) is 11.6. The Hall–Kier alpha value is -2.01. The minimum absolute atomic E-state index is 0.293. The third-order valence-electron chi connectivity index (χ3n) is 4.11. The first-order valence-electron chi connectivity index (χ1n) is 8.93. The van der Waals surface area contributed by atoms with Gasteiger partial charge in [0.25, 0.3) is 5.91 Å². The van der Waals surface area contributed by atoms with Crippen molar-refractivity contribution in [3.05, 3.63) is 51.4 Å². The number of sulfonamides is 1. The number of carbonyl (C=O) groups excluding carboxylic acids is 2. The fraction of sp³-hybridized carbons (Fsp3) is 0.368. The maximum atomic E-state index is 13.9. The number of ether oxygens (including phenoxy) is 1. The molecule has 0 spiro atoms. The number of thiophene rings is 1. The number of nitrogens with zero attached hydrogens (tertiary/aromatic N) is 1. The van der Waals surface area contributed by atoms with Crippen molar-refractivity contribution in [2.75, 3.05) is 13.7 Å². The van der Waals surface area contributed by atoms with Gasteiger partial charge in [-0.3, -0.25) is 9.59 Å². The summed E-state index contributed by atoms with van der Waals surface area (Å²) >= 11 is 7.19. The third-order valence-corrected chi connectivity index (χ3v) is 6.80. The highest BCUT2D eigenvalue weighted by Crippen LogP contribution is 2.22. The van der Waals surface area contributed by atoms with Gasteiger partial charge in [0.1, 0.15) is 16.8 Å². The molecule has 0 bridgehead atoms. The van der Waals surface area contributed by atoms with Crippen molar-refractivity contribution in [3.8, 4) is 0 Å². The lowest BCUT2D eigenvalue weighted by Crippen LogP contribution is -2.46. The summed E-state index contributed by atoms with van der Waals surface area (Å²) < 4.78 is 46.6. The van der Waals surface area contributed by atoms with E-state index in [1.807, 2.05) is 0 Å². The van der Waals surface area contributed by atoms with Crippen LogP contribution in [-0.2, 0) is 30.9 Å². The van der Waals surface area contributed by atoms with Crippen molar-refractivity contribution >= 4 is 44.8 Å². The summed E-state index contributed by atoms with van der Waals surface area (Å²) in [5, 5.41) is 0. The maximum Gasteiger partial charge on any atom is 0.324 e. The largest absolute Gasteiger partial charge is 0.454 e. The van der Waals surface area contributed by atoms with E-state index in [2.05, 4.69) is 4.72 Å². The number of halogens is 2. The van der Waals surface area contributed by atoms with E-state index in [1.54, 1.807) is 33.0 Å². The molecule has 1 aromatic carbocycles. The molecule has 0 saturated carbocycles. The zero-order valence-corrected chi connectivity index (χ0v) is 19.0. The fourth-order valence-electron chi connectivity index (χ4n) is 2.44. The lowest BCUT2D eigenvalue weighted by atomic mass is 10.1. The highest BCUT2D eigenvalue weighted by molar-refractivity contribution is 7.89. The van der Waals surface area contributed by atoms with Crippen LogP contribution in [0.4, 0.5) is 4.39 Å². The highest BCUT2D eigenvalue weighted by atomic mass is 35.5. The summed E-state index contributed by atoms with van der Waals surface area (Å²) in [5.41, 5.74) is 0. The molecule has 30 heavy (non-hydrogen) atoms. The standard InChI is InChI=1S/C19H22ClFN2O5S2/c1-12(2)18(22-30(26,27)15-7-5-4-6-14(15)21)19(25)28-11-17(24)23(3)10-13-8-9-16(20)29-13/h4-9,12,18,22H,10-11H2,1-3H3. The predicted octanol–water partition coefficient (Wildman–Crippen LogP) is 3.05. The molecule has 11 heteroatoms. The molecule has 1 aromatic heterocycles. The monoisotopic (exact) mass is 476 g/mol. The van der Waals surface area contributed by atoms with Crippen LogP contribution in [0.2, 0.25) is 4.34 Å². The van der Waals surface area contributed by atoms with E-state index < -0.39 is 51.2 Å². The number of esters is 1. The summed E-state index contributed by atoms with van der Waals surface area (Å²) in [5.74, 6) is -2.83. The molecule has 1 unspecified atom stereocenters. The number of carbonyl (C=O) groups is 2. The quantitative estimate of drug-likeness (QED) is 0.561. The Kier molecular flexibility index (Phi) is 8.36. The molecule has 0 aliphatic heterocycles. The Morgan fingerprint density at radius 2 is 1.90 bits per heavy atom. The average Bonchev–Trinajstić information content (AvgIpc) is 3.08. The van der Waals surface area contributed by atoms with Gasteiger partial charge in [-0.1, -0.05) is 37.6 Å². The number of amides is 1. The van der Waals surface area contributed by atoms with Crippen molar-refractivity contribution in [2.24, 2.45) is 5.92 Å².